The Labute approximate surface area is 91.8 Å². The van der Waals surface area contributed by atoms with Crippen molar-refractivity contribution in [2.24, 2.45) is 0 Å². The maximum atomic E-state index is 13.6. The van der Waals surface area contributed by atoms with E-state index in [-0.39, 0.29) is 10.7 Å². The largest absolute Gasteiger partial charge is 0.364 e. The smallest absolute Gasteiger partial charge is 0.168 e. The number of nitrogens with one attached hydrogen (secondary N) is 1. The maximum absolute atomic E-state index is 13.6. The molecular weight excluding hydrogens is 222 g/mol. The molecule has 0 aliphatic carbocycles. The first-order valence-corrected chi connectivity index (χ1v) is 5.17. The summed E-state index contributed by atoms with van der Waals surface area (Å²) in [4.78, 5) is 1.67. The quantitative estimate of drug-likeness (QED) is 0.746. The topological polar surface area (TPSA) is 15.3 Å². The molecule has 1 aliphatic rings. The van der Waals surface area contributed by atoms with Crippen LogP contribution >= 0.6 is 11.6 Å². The van der Waals surface area contributed by atoms with Crippen LogP contribution in [0.1, 0.15) is 0 Å². The van der Waals surface area contributed by atoms with E-state index in [1.807, 2.05) is 0 Å². The second-order valence-corrected chi connectivity index (χ2v) is 3.84. The number of rotatable bonds is 1. The van der Waals surface area contributed by atoms with Crippen molar-refractivity contribution in [1.29, 1.82) is 0 Å². The molecule has 0 amide bonds. The number of nitrogens with zero attached hydrogens (tertiary/aromatic N) is 1. The Morgan fingerprint density at radius 1 is 1.20 bits per heavy atom. The van der Waals surface area contributed by atoms with Gasteiger partial charge in [-0.05, 0) is 12.1 Å². The summed E-state index contributed by atoms with van der Waals surface area (Å²) in [5, 5.41) is 3.08. The van der Waals surface area contributed by atoms with Crippen LogP contribution < -0.4 is 10.2 Å². The van der Waals surface area contributed by atoms with Gasteiger partial charge in [0.2, 0.25) is 0 Å². The summed E-state index contributed by atoms with van der Waals surface area (Å²) in [6.07, 6.45) is 0. The fourth-order valence-corrected chi connectivity index (χ4v) is 1.85. The normalized spacial score (nSPS) is 16.9. The van der Waals surface area contributed by atoms with Gasteiger partial charge < -0.3 is 10.2 Å². The third-order valence-electron chi connectivity index (χ3n) is 2.45. The van der Waals surface area contributed by atoms with Crippen molar-refractivity contribution in [2.45, 2.75) is 0 Å². The molecule has 15 heavy (non-hydrogen) atoms. The molecule has 0 unspecified atom stereocenters. The molecule has 0 atom stereocenters. The van der Waals surface area contributed by atoms with Crippen LogP contribution in [0.2, 0.25) is 5.02 Å². The van der Waals surface area contributed by atoms with Crippen LogP contribution in [0, 0.1) is 11.6 Å². The minimum absolute atomic E-state index is 0.0102. The number of benzene rings is 1. The highest BCUT2D eigenvalue weighted by molar-refractivity contribution is 6.31. The molecule has 1 saturated heterocycles. The van der Waals surface area contributed by atoms with Crippen molar-refractivity contribution in [3.05, 3.63) is 28.8 Å². The van der Waals surface area contributed by atoms with Gasteiger partial charge in [-0.1, -0.05) is 11.6 Å². The van der Waals surface area contributed by atoms with Crippen LogP contribution in [0.5, 0.6) is 0 Å². The highest BCUT2D eigenvalue weighted by Gasteiger charge is 2.20. The third-order valence-corrected chi connectivity index (χ3v) is 2.74. The molecule has 0 bridgehead atoms. The van der Waals surface area contributed by atoms with E-state index in [9.17, 15) is 8.78 Å². The van der Waals surface area contributed by atoms with Crippen molar-refractivity contribution < 1.29 is 8.78 Å². The molecule has 2 nitrogen and oxygen atoms in total. The minimum Gasteiger partial charge on any atom is -0.364 e. The van der Waals surface area contributed by atoms with E-state index < -0.39 is 11.6 Å². The van der Waals surface area contributed by atoms with Gasteiger partial charge in [0, 0.05) is 26.2 Å². The molecule has 5 heteroatoms. The summed E-state index contributed by atoms with van der Waals surface area (Å²) >= 11 is 5.62. The predicted octanol–water partition coefficient (Wildman–Crippen LogP) is 2.03. The Morgan fingerprint density at radius 2 is 1.87 bits per heavy atom. The summed E-state index contributed by atoms with van der Waals surface area (Å²) in [7, 11) is 0. The molecule has 2 rings (SSSR count). The molecule has 1 aromatic carbocycles. The average molecular weight is 233 g/mol. The van der Waals surface area contributed by atoms with E-state index in [0.717, 1.165) is 13.1 Å². The zero-order valence-corrected chi connectivity index (χ0v) is 8.82. The van der Waals surface area contributed by atoms with Crippen molar-refractivity contribution in [1.82, 2.24) is 5.32 Å². The van der Waals surface area contributed by atoms with Crippen molar-refractivity contribution in [3.8, 4) is 0 Å². The first kappa shape index (κ1) is 10.6. The van der Waals surface area contributed by atoms with Crippen molar-refractivity contribution in [3.63, 3.8) is 0 Å². The molecule has 0 saturated carbocycles. The summed E-state index contributed by atoms with van der Waals surface area (Å²) < 4.78 is 27.1. The summed E-state index contributed by atoms with van der Waals surface area (Å²) in [6.45, 7) is 2.64. The Balaban J connectivity index is 2.36. The van der Waals surface area contributed by atoms with Crippen LogP contribution in [0.3, 0.4) is 0 Å². The standard InChI is InChI=1S/C10H11ClF2N2/c11-7-1-2-8(12)10(9(7)13)15-5-3-14-4-6-15/h1-2,14H,3-6H2. The Hall–Kier alpha value is -0.870. The Bertz CT molecular complexity index is 365. The highest BCUT2D eigenvalue weighted by Crippen LogP contribution is 2.28. The fourth-order valence-electron chi connectivity index (χ4n) is 1.69. The third kappa shape index (κ3) is 2.06. The van der Waals surface area contributed by atoms with E-state index >= 15 is 0 Å². The molecule has 1 N–H and O–H groups in total. The zero-order valence-electron chi connectivity index (χ0n) is 8.06. The van der Waals surface area contributed by atoms with Gasteiger partial charge in [0.15, 0.2) is 5.82 Å². The second-order valence-electron chi connectivity index (χ2n) is 3.43. The summed E-state index contributed by atoms with van der Waals surface area (Å²) in [5.41, 5.74) is -0.0102. The first-order valence-electron chi connectivity index (χ1n) is 4.79. The van der Waals surface area contributed by atoms with Gasteiger partial charge in [0.1, 0.15) is 11.5 Å². The van der Waals surface area contributed by atoms with Crippen LogP contribution in [-0.4, -0.2) is 26.2 Å². The second kappa shape index (κ2) is 4.33. The van der Waals surface area contributed by atoms with Gasteiger partial charge in [-0.15, -0.1) is 0 Å². The van der Waals surface area contributed by atoms with Crippen molar-refractivity contribution >= 4 is 17.3 Å². The van der Waals surface area contributed by atoms with Crippen LogP contribution in [0.15, 0.2) is 12.1 Å². The minimum atomic E-state index is -0.668. The van der Waals surface area contributed by atoms with E-state index in [1.165, 1.54) is 12.1 Å². The van der Waals surface area contributed by atoms with Gasteiger partial charge >= 0.3 is 0 Å². The van der Waals surface area contributed by atoms with Gasteiger partial charge in [0.25, 0.3) is 0 Å². The fraction of sp³-hybridized carbons (Fsp3) is 0.400. The SMILES string of the molecule is Fc1ccc(Cl)c(F)c1N1CCNCC1. The molecule has 1 aromatic rings. The molecule has 1 fully saturated rings. The highest BCUT2D eigenvalue weighted by atomic mass is 35.5. The predicted molar refractivity (Wildman–Crippen MR) is 56.5 cm³/mol. The number of anilines is 1. The lowest BCUT2D eigenvalue weighted by atomic mass is 10.2. The lowest BCUT2D eigenvalue weighted by Gasteiger charge is -2.30. The van der Waals surface area contributed by atoms with Crippen LogP contribution in [-0.2, 0) is 0 Å². The number of halogens is 3. The molecule has 0 aromatic heterocycles. The average Bonchev–Trinajstić information content (AvgIpc) is 2.26. The maximum Gasteiger partial charge on any atom is 0.168 e. The summed E-state index contributed by atoms with van der Waals surface area (Å²) in [5.74, 6) is -1.22. The molecule has 82 valence electrons. The van der Waals surface area contributed by atoms with Crippen molar-refractivity contribution in [2.75, 3.05) is 31.1 Å². The molecule has 1 heterocycles. The molecule has 0 radical (unpaired) electrons. The monoisotopic (exact) mass is 232 g/mol. The lowest BCUT2D eigenvalue weighted by Crippen LogP contribution is -2.44. The van der Waals surface area contributed by atoms with E-state index in [4.69, 9.17) is 11.6 Å². The van der Waals surface area contributed by atoms with Gasteiger partial charge in [0.05, 0.1) is 5.02 Å². The zero-order chi connectivity index (χ0) is 10.8. The number of hydrogen-bond acceptors (Lipinski definition) is 2. The Morgan fingerprint density at radius 3 is 2.53 bits per heavy atom. The molecule has 0 spiro atoms. The van der Waals surface area contributed by atoms with E-state index in [1.54, 1.807) is 4.90 Å². The first-order chi connectivity index (χ1) is 7.20. The number of piperazine rings is 1. The van der Waals surface area contributed by atoms with Crippen LogP contribution in [0.25, 0.3) is 0 Å². The lowest BCUT2D eigenvalue weighted by molar-refractivity contribution is 0.538. The van der Waals surface area contributed by atoms with E-state index in [2.05, 4.69) is 5.32 Å². The summed E-state index contributed by atoms with van der Waals surface area (Å²) in [6, 6.07) is 2.43. The van der Waals surface area contributed by atoms with Gasteiger partial charge in [-0.2, -0.15) is 0 Å². The van der Waals surface area contributed by atoms with Crippen LogP contribution in [0.4, 0.5) is 14.5 Å². The van der Waals surface area contributed by atoms with Gasteiger partial charge in [-0.3, -0.25) is 0 Å². The molecule has 1 aliphatic heterocycles. The Kier molecular flexibility index (Phi) is 3.07. The van der Waals surface area contributed by atoms with E-state index in [0.29, 0.717) is 13.1 Å². The molecular formula is C10H11ClF2N2. The van der Waals surface area contributed by atoms with Gasteiger partial charge in [-0.25, -0.2) is 8.78 Å². The number of hydrogen-bond donors (Lipinski definition) is 1.